The molecule has 0 aliphatic heterocycles. The summed E-state index contributed by atoms with van der Waals surface area (Å²) >= 11 is 0. The van der Waals surface area contributed by atoms with E-state index in [1.807, 2.05) is 4.57 Å². The van der Waals surface area contributed by atoms with Gasteiger partial charge in [0.25, 0.3) is 0 Å². The van der Waals surface area contributed by atoms with Gasteiger partial charge in [-0.3, -0.25) is 0 Å². The van der Waals surface area contributed by atoms with Crippen molar-refractivity contribution in [3.8, 4) is 12.3 Å². The van der Waals surface area contributed by atoms with Gasteiger partial charge in [0.2, 0.25) is 0 Å². The average Bonchev–Trinajstić information content (AvgIpc) is 2.69. The molecule has 1 aromatic rings. The van der Waals surface area contributed by atoms with Crippen LogP contribution < -0.4 is 5.73 Å². The first-order valence-corrected chi connectivity index (χ1v) is 6.94. The van der Waals surface area contributed by atoms with E-state index in [-0.39, 0.29) is 0 Å². The first-order valence-electron chi connectivity index (χ1n) is 6.94. The zero-order valence-corrected chi connectivity index (χ0v) is 11.4. The highest BCUT2D eigenvalue weighted by Gasteiger charge is 2.24. The van der Waals surface area contributed by atoms with Gasteiger partial charge in [-0.25, -0.2) is 4.98 Å². The Kier molecular flexibility index (Phi) is 3.96. The number of nitrogens with zero attached hydrogens (tertiary/aromatic N) is 2. The Bertz CT molecular complexity index is 445. The number of nitrogen functional groups attached to an aromatic ring is 1. The minimum Gasteiger partial charge on any atom is -0.384 e. The minimum absolute atomic E-state index is 0.353. The second-order valence-corrected chi connectivity index (χ2v) is 5.52. The summed E-state index contributed by atoms with van der Waals surface area (Å²) < 4.78 is 2.05. The standard InChI is InChI=1S/C15H23N3/c1-4-10-18-14(16)13(11(2)3)17-15(18)12-8-6-5-7-9-12/h1,11-12H,5-10,16H2,2-3H3. The summed E-state index contributed by atoms with van der Waals surface area (Å²) in [4.78, 5) is 4.79. The van der Waals surface area contributed by atoms with Crippen molar-refractivity contribution in [2.45, 2.75) is 64.3 Å². The molecule has 0 atom stereocenters. The Morgan fingerprint density at radius 3 is 2.61 bits per heavy atom. The molecule has 0 bridgehead atoms. The summed E-state index contributed by atoms with van der Waals surface area (Å²) in [6, 6.07) is 0. The molecule has 98 valence electrons. The van der Waals surface area contributed by atoms with Gasteiger partial charge in [-0.1, -0.05) is 39.0 Å². The highest BCUT2D eigenvalue weighted by atomic mass is 15.1. The Morgan fingerprint density at radius 1 is 1.39 bits per heavy atom. The smallest absolute Gasteiger partial charge is 0.127 e. The molecule has 0 saturated heterocycles. The maximum absolute atomic E-state index is 6.20. The first-order chi connectivity index (χ1) is 8.65. The van der Waals surface area contributed by atoms with Crippen molar-refractivity contribution in [2.24, 2.45) is 0 Å². The normalized spacial score (nSPS) is 17.0. The summed E-state index contributed by atoms with van der Waals surface area (Å²) in [5, 5.41) is 0. The van der Waals surface area contributed by atoms with Gasteiger partial charge >= 0.3 is 0 Å². The second-order valence-electron chi connectivity index (χ2n) is 5.52. The summed E-state index contributed by atoms with van der Waals surface area (Å²) in [5.74, 6) is 5.48. The van der Waals surface area contributed by atoms with Crippen molar-refractivity contribution in [1.82, 2.24) is 9.55 Å². The third kappa shape index (κ3) is 2.38. The number of terminal acetylenes is 1. The van der Waals surface area contributed by atoms with Gasteiger partial charge < -0.3 is 10.3 Å². The topological polar surface area (TPSA) is 43.8 Å². The van der Waals surface area contributed by atoms with E-state index >= 15 is 0 Å². The van der Waals surface area contributed by atoms with E-state index in [2.05, 4.69) is 19.8 Å². The number of imidazole rings is 1. The van der Waals surface area contributed by atoms with Crippen LogP contribution in [0.5, 0.6) is 0 Å². The molecule has 0 radical (unpaired) electrons. The maximum atomic E-state index is 6.20. The van der Waals surface area contributed by atoms with E-state index in [0.29, 0.717) is 18.4 Å². The largest absolute Gasteiger partial charge is 0.384 e. The molecule has 1 heterocycles. The number of anilines is 1. The second kappa shape index (κ2) is 5.48. The van der Waals surface area contributed by atoms with Crippen molar-refractivity contribution >= 4 is 5.82 Å². The fourth-order valence-electron chi connectivity index (χ4n) is 2.86. The first kappa shape index (κ1) is 13.0. The lowest BCUT2D eigenvalue weighted by molar-refractivity contribution is 0.419. The number of hydrogen-bond acceptors (Lipinski definition) is 2. The SMILES string of the molecule is C#CCn1c(C2CCCCC2)nc(C(C)C)c1N. The summed E-state index contributed by atoms with van der Waals surface area (Å²) in [7, 11) is 0. The molecular formula is C15H23N3. The van der Waals surface area contributed by atoms with Crippen LogP contribution in [0.3, 0.4) is 0 Å². The molecule has 0 spiro atoms. The van der Waals surface area contributed by atoms with Crippen LogP contribution in [-0.4, -0.2) is 9.55 Å². The Balaban J connectivity index is 2.38. The zero-order chi connectivity index (χ0) is 13.1. The third-order valence-corrected chi connectivity index (χ3v) is 3.83. The van der Waals surface area contributed by atoms with Crippen LogP contribution in [0.25, 0.3) is 0 Å². The summed E-state index contributed by atoms with van der Waals surface area (Å²) in [6.07, 6.45) is 11.8. The van der Waals surface area contributed by atoms with Gasteiger partial charge in [0.05, 0.1) is 12.2 Å². The van der Waals surface area contributed by atoms with Crippen molar-refractivity contribution in [1.29, 1.82) is 0 Å². The Hall–Kier alpha value is -1.43. The quantitative estimate of drug-likeness (QED) is 0.831. The summed E-state index contributed by atoms with van der Waals surface area (Å²) in [6.45, 7) is 4.80. The average molecular weight is 245 g/mol. The van der Waals surface area contributed by atoms with Crippen LogP contribution >= 0.6 is 0 Å². The molecule has 1 aromatic heterocycles. The molecule has 2 rings (SSSR count). The van der Waals surface area contributed by atoms with Crippen molar-refractivity contribution < 1.29 is 0 Å². The van der Waals surface area contributed by atoms with Gasteiger partial charge in [0.1, 0.15) is 11.6 Å². The third-order valence-electron chi connectivity index (χ3n) is 3.83. The molecule has 0 amide bonds. The van der Waals surface area contributed by atoms with Crippen LogP contribution in [0.4, 0.5) is 5.82 Å². The molecule has 0 unspecified atom stereocenters. The molecule has 3 heteroatoms. The number of rotatable bonds is 3. The molecule has 0 aromatic carbocycles. The lowest BCUT2D eigenvalue weighted by atomic mass is 9.88. The number of nitrogens with two attached hydrogens (primary N) is 1. The van der Waals surface area contributed by atoms with E-state index < -0.39 is 0 Å². The van der Waals surface area contributed by atoms with Crippen LogP contribution in [0.15, 0.2) is 0 Å². The van der Waals surface area contributed by atoms with E-state index in [9.17, 15) is 0 Å². The van der Waals surface area contributed by atoms with Gasteiger partial charge in [0.15, 0.2) is 0 Å². The predicted molar refractivity (Wildman–Crippen MR) is 75.4 cm³/mol. The van der Waals surface area contributed by atoms with Crippen LogP contribution in [0, 0.1) is 12.3 Å². The minimum atomic E-state index is 0.353. The maximum Gasteiger partial charge on any atom is 0.127 e. The van der Waals surface area contributed by atoms with Crippen LogP contribution in [-0.2, 0) is 6.54 Å². The lowest BCUT2D eigenvalue weighted by Crippen LogP contribution is -2.13. The van der Waals surface area contributed by atoms with Gasteiger partial charge in [-0.05, 0) is 18.8 Å². The fraction of sp³-hybridized carbons (Fsp3) is 0.667. The summed E-state index contributed by atoms with van der Waals surface area (Å²) in [5.41, 5.74) is 7.21. The zero-order valence-electron chi connectivity index (χ0n) is 11.4. The molecule has 2 N–H and O–H groups in total. The van der Waals surface area contributed by atoms with Crippen molar-refractivity contribution in [3.05, 3.63) is 11.5 Å². The van der Waals surface area contributed by atoms with Crippen molar-refractivity contribution in [3.63, 3.8) is 0 Å². The molecule has 1 fully saturated rings. The van der Waals surface area contributed by atoms with Gasteiger partial charge in [-0.15, -0.1) is 6.42 Å². The van der Waals surface area contributed by atoms with E-state index in [0.717, 1.165) is 17.3 Å². The molecule has 3 nitrogen and oxygen atoms in total. The predicted octanol–water partition coefficient (Wildman–Crippen LogP) is 3.27. The lowest BCUT2D eigenvalue weighted by Gasteiger charge is -2.21. The van der Waals surface area contributed by atoms with Crippen LogP contribution in [0.1, 0.15) is 69.3 Å². The van der Waals surface area contributed by atoms with Gasteiger partial charge in [-0.2, -0.15) is 0 Å². The molecule has 18 heavy (non-hydrogen) atoms. The van der Waals surface area contributed by atoms with E-state index in [4.69, 9.17) is 17.1 Å². The monoisotopic (exact) mass is 245 g/mol. The van der Waals surface area contributed by atoms with Crippen LogP contribution in [0.2, 0.25) is 0 Å². The number of aromatic nitrogens is 2. The highest BCUT2D eigenvalue weighted by molar-refractivity contribution is 5.41. The molecule has 1 saturated carbocycles. The Labute approximate surface area is 110 Å². The molecule has 1 aliphatic carbocycles. The molecular weight excluding hydrogens is 222 g/mol. The molecule has 1 aliphatic rings. The van der Waals surface area contributed by atoms with E-state index in [1.165, 1.54) is 32.1 Å². The highest BCUT2D eigenvalue weighted by Crippen LogP contribution is 2.35. The Morgan fingerprint density at radius 2 is 2.06 bits per heavy atom. The van der Waals surface area contributed by atoms with E-state index in [1.54, 1.807) is 0 Å². The fourth-order valence-corrected chi connectivity index (χ4v) is 2.86. The van der Waals surface area contributed by atoms with Gasteiger partial charge in [0, 0.05) is 5.92 Å². The van der Waals surface area contributed by atoms with Crippen molar-refractivity contribution in [2.75, 3.05) is 5.73 Å². The number of hydrogen-bond donors (Lipinski definition) is 1.